The molecule has 1 heterocycles. The van der Waals surface area contributed by atoms with Gasteiger partial charge in [0.05, 0.1) is 0 Å². The van der Waals surface area contributed by atoms with Gasteiger partial charge in [0.15, 0.2) is 0 Å². The van der Waals surface area contributed by atoms with Gasteiger partial charge in [-0.25, -0.2) is 0 Å². The van der Waals surface area contributed by atoms with Crippen molar-refractivity contribution in [2.75, 3.05) is 20.1 Å². The van der Waals surface area contributed by atoms with Gasteiger partial charge in [-0.15, -0.1) is 0 Å². The van der Waals surface area contributed by atoms with E-state index in [2.05, 4.69) is 39.3 Å². The number of likely N-dealkylation sites (N-methyl/N-ethyl adjacent to an activating group) is 1. The molecule has 0 aromatic carbocycles. The topological polar surface area (TPSA) is 3.24 Å². The van der Waals surface area contributed by atoms with Crippen molar-refractivity contribution in [2.24, 2.45) is 5.41 Å². The zero-order chi connectivity index (χ0) is 9.35. The maximum absolute atomic E-state index is 3.82. The molecule has 0 saturated carbocycles. The molecule has 0 unspecified atom stereocenters. The number of hydrogen-bond acceptors (Lipinski definition) is 1. The molecule has 0 bridgehead atoms. The highest BCUT2D eigenvalue weighted by atomic mass is 15.1. The van der Waals surface area contributed by atoms with Crippen LogP contribution in [0.5, 0.6) is 0 Å². The second-order valence-corrected chi connectivity index (χ2v) is 4.42. The van der Waals surface area contributed by atoms with Crippen LogP contribution in [0.25, 0.3) is 0 Å². The summed E-state index contributed by atoms with van der Waals surface area (Å²) in [6.07, 6.45) is 1.97. The zero-order valence-electron chi connectivity index (χ0n) is 8.65. The van der Waals surface area contributed by atoms with Crippen LogP contribution in [0, 0.1) is 5.41 Å². The Bertz CT molecular complexity index is 223. The van der Waals surface area contributed by atoms with Gasteiger partial charge >= 0.3 is 0 Å². The van der Waals surface area contributed by atoms with Gasteiger partial charge in [-0.3, -0.25) is 0 Å². The Labute approximate surface area is 75.8 Å². The smallest absolute Gasteiger partial charge is 0.0201 e. The molecule has 0 aromatic rings. The van der Waals surface area contributed by atoms with E-state index in [4.69, 9.17) is 0 Å². The van der Waals surface area contributed by atoms with Crippen molar-refractivity contribution in [3.8, 4) is 0 Å². The van der Waals surface area contributed by atoms with Crippen LogP contribution in [-0.4, -0.2) is 25.0 Å². The molecule has 1 aliphatic rings. The molecule has 0 atom stereocenters. The molecule has 0 aromatic heterocycles. The average molecular weight is 165 g/mol. The fourth-order valence-corrected chi connectivity index (χ4v) is 2.09. The van der Waals surface area contributed by atoms with Gasteiger partial charge in [0, 0.05) is 18.5 Å². The van der Waals surface area contributed by atoms with Gasteiger partial charge in [0.1, 0.15) is 0 Å². The van der Waals surface area contributed by atoms with Crippen molar-refractivity contribution in [3.05, 3.63) is 23.8 Å². The van der Waals surface area contributed by atoms with Gasteiger partial charge in [-0.05, 0) is 19.5 Å². The number of hydrogen-bond donors (Lipinski definition) is 0. The lowest BCUT2D eigenvalue weighted by molar-refractivity contribution is 0.346. The van der Waals surface area contributed by atoms with Gasteiger partial charge in [-0.2, -0.15) is 0 Å². The molecule has 68 valence electrons. The first kappa shape index (κ1) is 9.53. The van der Waals surface area contributed by atoms with Crippen LogP contribution < -0.4 is 0 Å². The standard InChI is InChI=1S/C11H19N/c1-6-9(2)10-7-12(5)8-11(10,3)4/h6H,1,7-8H2,2-5H3/b10-9-. The third kappa shape index (κ3) is 1.61. The lowest BCUT2D eigenvalue weighted by Gasteiger charge is -2.20. The minimum atomic E-state index is 0.340. The first-order valence-corrected chi connectivity index (χ1v) is 4.48. The highest BCUT2D eigenvalue weighted by molar-refractivity contribution is 5.31. The summed E-state index contributed by atoms with van der Waals surface area (Å²) < 4.78 is 0. The van der Waals surface area contributed by atoms with Crippen LogP contribution in [0.3, 0.4) is 0 Å². The van der Waals surface area contributed by atoms with Crippen molar-refractivity contribution in [1.29, 1.82) is 0 Å². The van der Waals surface area contributed by atoms with E-state index in [0.29, 0.717) is 5.41 Å². The van der Waals surface area contributed by atoms with Crippen LogP contribution >= 0.6 is 0 Å². The van der Waals surface area contributed by atoms with Gasteiger partial charge < -0.3 is 4.90 Å². The largest absolute Gasteiger partial charge is 0.302 e. The first-order valence-electron chi connectivity index (χ1n) is 4.48. The predicted octanol–water partition coefficient (Wildman–Crippen LogP) is 2.46. The summed E-state index contributed by atoms with van der Waals surface area (Å²) in [6.45, 7) is 12.8. The van der Waals surface area contributed by atoms with E-state index >= 15 is 0 Å². The second-order valence-electron chi connectivity index (χ2n) is 4.42. The van der Waals surface area contributed by atoms with E-state index in [1.165, 1.54) is 5.57 Å². The normalized spacial score (nSPS) is 27.3. The predicted molar refractivity (Wildman–Crippen MR) is 54.2 cm³/mol. The Morgan fingerprint density at radius 2 is 2.17 bits per heavy atom. The lowest BCUT2D eigenvalue weighted by atomic mass is 9.85. The molecular weight excluding hydrogens is 146 g/mol. The summed E-state index contributed by atoms with van der Waals surface area (Å²) in [6, 6.07) is 0. The van der Waals surface area contributed by atoms with E-state index in [0.717, 1.165) is 13.1 Å². The zero-order valence-corrected chi connectivity index (χ0v) is 8.65. The molecule has 0 spiro atoms. The SMILES string of the molecule is C=C/C(C)=C1/CN(C)CC1(C)C. The summed E-state index contributed by atoms with van der Waals surface area (Å²) in [5, 5.41) is 0. The van der Waals surface area contributed by atoms with Gasteiger partial charge in [-0.1, -0.05) is 32.1 Å². The fraction of sp³-hybridized carbons (Fsp3) is 0.636. The van der Waals surface area contributed by atoms with E-state index < -0.39 is 0 Å². The Kier molecular flexibility index (Phi) is 2.43. The van der Waals surface area contributed by atoms with Crippen LogP contribution in [0.15, 0.2) is 23.8 Å². The summed E-state index contributed by atoms with van der Waals surface area (Å²) in [7, 11) is 2.17. The highest BCUT2D eigenvalue weighted by Crippen LogP contribution is 2.35. The van der Waals surface area contributed by atoms with Crippen molar-refractivity contribution >= 4 is 0 Å². The Balaban J connectivity index is 2.99. The third-order valence-electron chi connectivity index (χ3n) is 2.69. The van der Waals surface area contributed by atoms with Crippen LogP contribution in [0.4, 0.5) is 0 Å². The molecule has 0 N–H and O–H groups in total. The van der Waals surface area contributed by atoms with Crippen LogP contribution in [-0.2, 0) is 0 Å². The summed E-state index contributed by atoms with van der Waals surface area (Å²) in [5.74, 6) is 0. The number of allylic oxidation sites excluding steroid dienone is 2. The molecule has 0 aliphatic carbocycles. The van der Waals surface area contributed by atoms with E-state index in [1.807, 2.05) is 6.08 Å². The molecule has 1 saturated heterocycles. The fourth-order valence-electron chi connectivity index (χ4n) is 2.09. The van der Waals surface area contributed by atoms with Crippen molar-refractivity contribution in [1.82, 2.24) is 4.90 Å². The minimum Gasteiger partial charge on any atom is -0.302 e. The summed E-state index contributed by atoms with van der Waals surface area (Å²) in [5.41, 5.74) is 3.23. The number of rotatable bonds is 1. The van der Waals surface area contributed by atoms with E-state index in [1.54, 1.807) is 5.57 Å². The monoisotopic (exact) mass is 165 g/mol. The minimum absolute atomic E-state index is 0.340. The third-order valence-corrected chi connectivity index (χ3v) is 2.69. The molecule has 12 heavy (non-hydrogen) atoms. The van der Waals surface area contributed by atoms with Crippen molar-refractivity contribution in [2.45, 2.75) is 20.8 Å². The summed E-state index contributed by atoms with van der Waals surface area (Å²) >= 11 is 0. The molecule has 0 amide bonds. The van der Waals surface area contributed by atoms with Crippen LogP contribution in [0.1, 0.15) is 20.8 Å². The molecule has 1 aliphatic heterocycles. The Hall–Kier alpha value is -0.560. The lowest BCUT2D eigenvalue weighted by Crippen LogP contribution is -2.18. The van der Waals surface area contributed by atoms with Gasteiger partial charge in [0.25, 0.3) is 0 Å². The van der Waals surface area contributed by atoms with Crippen molar-refractivity contribution in [3.63, 3.8) is 0 Å². The second kappa shape index (κ2) is 3.06. The van der Waals surface area contributed by atoms with Crippen LogP contribution in [0.2, 0.25) is 0 Å². The number of nitrogens with zero attached hydrogens (tertiary/aromatic N) is 1. The first-order chi connectivity index (χ1) is 5.47. The molecule has 1 heteroatoms. The molecule has 1 nitrogen and oxygen atoms in total. The van der Waals surface area contributed by atoms with E-state index in [-0.39, 0.29) is 0 Å². The molecule has 1 fully saturated rings. The number of likely N-dealkylation sites (tertiary alicyclic amines) is 1. The van der Waals surface area contributed by atoms with E-state index in [9.17, 15) is 0 Å². The van der Waals surface area contributed by atoms with Gasteiger partial charge in [0.2, 0.25) is 0 Å². The maximum atomic E-state index is 3.82. The Morgan fingerprint density at radius 3 is 2.50 bits per heavy atom. The maximum Gasteiger partial charge on any atom is 0.0201 e. The Morgan fingerprint density at radius 1 is 1.58 bits per heavy atom. The summed E-state index contributed by atoms with van der Waals surface area (Å²) in [4.78, 5) is 2.36. The van der Waals surface area contributed by atoms with Crippen molar-refractivity contribution < 1.29 is 0 Å². The highest BCUT2D eigenvalue weighted by Gasteiger charge is 2.32. The molecule has 1 rings (SSSR count). The average Bonchev–Trinajstić information content (AvgIpc) is 2.23. The molecular formula is C11H19N. The quantitative estimate of drug-likeness (QED) is 0.577. The molecule has 0 radical (unpaired) electrons.